The van der Waals surface area contributed by atoms with Crippen molar-refractivity contribution in [2.75, 3.05) is 26.2 Å². The van der Waals surface area contributed by atoms with Gasteiger partial charge in [0, 0.05) is 44.0 Å². The monoisotopic (exact) mass is 316 g/mol. The van der Waals surface area contributed by atoms with Crippen LogP contribution in [0.5, 0.6) is 0 Å². The molecule has 0 aromatic carbocycles. The van der Waals surface area contributed by atoms with Crippen LogP contribution in [0.15, 0.2) is 18.6 Å². The summed E-state index contributed by atoms with van der Waals surface area (Å²) in [4.78, 5) is 22.7. The molecule has 3 fully saturated rings. The second kappa shape index (κ2) is 6.53. The molecule has 1 aromatic heterocycles. The lowest BCUT2D eigenvalue weighted by molar-refractivity contribution is -0.0739. The summed E-state index contributed by atoms with van der Waals surface area (Å²) in [6, 6.07) is 0.544. The number of morpholine rings is 1. The Morgan fingerprint density at radius 3 is 3.00 bits per heavy atom. The zero-order chi connectivity index (χ0) is 15.6. The Balaban J connectivity index is 1.32. The number of hydrogen-bond donors (Lipinski definition) is 1. The van der Waals surface area contributed by atoms with Gasteiger partial charge in [0.2, 0.25) is 0 Å². The van der Waals surface area contributed by atoms with E-state index in [4.69, 9.17) is 4.74 Å². The van der Waals surface area contributed by atoms with Gasteiger partial charge in [0.1, 0.15) is 5.69 Å². The molecule has 6 nitrogen and oxygen atoms in total. The zero-order valence-corrected chi connectivity index (χ0v) is 13.4. The van der Waals surface area contributed by atoms with Gasteiger partial charge in [-0.1, -0.05) is 0 Å². The van der Waals surface area contributed by atoms with E-state index < -0.39 is 0 Å². The van der Waals surface area contributed by atoms with Crippen molar-refractivity contribution in [1.29, 1.82) is 0 Å². The van der Waals surface area contributed by atoms with Crippen LogP contribution in [-0.4, -0.2) is 59.2 Å². The third kappa shape index (κ3) is 3.38. The fourth-order valence-corrected chi connectivity index (χ4v) is 3.94. The summed E-state index contributed by atoms with van der Waals surface area (Å²) in [6.45, 7) is 3.79. The maximum atomic E-state index is 12.1. The van der Waals surface area contributed by atoms with Crippen molar-refractivity contribution >= 4 is 5.91 Å². The van der Waals surface area contributed by atoms with E-state index in [1.165, 1.54) is 32.0 Å². The van der Waals surface area contributed by atoms with Gasteiger partial charge in [0.25, 0.3) is 5.91 Å². The van der Waals surface area contributed by atoms with Crippen LogP contribution in [0.4, 0.5) is 0 Å². The second-order valence-electron chi connectivity index (χ2n) is 6.98. The summed E-state index contributed by atoms with van der Waals surface area (Å²) >= 11 is 0. The van der Waals surface area contributed by atoms with Gasteiger partial charge in [-0.15, -0.1) is 0 Å². The summed E-state index contributed by atoms with van der Waals surface area (Å²) < 4.78 is 6.06. The average Bonchev–Trinajstić information content (AvgIpc) is 3.31. The van der Waals surface area contributed by atoms with Crippen LogP contribution in [0.25, 0.3) is 0 Å². The van der Waals surface area contributed by atoms with Gasteiger partial charge in [-0.3, -0.25) is 14.7 Å². The first-order chi connectivity index (χ1) is 11.3. The average molecular weight is 316 g/mol. The van der Waals surface area contributed by atoms with Crippen LogP contribution in [0.1, 0.15) is 36.2 Å². The molecule has 0 spiro atoms. The maximum absolute atomic E-state index is 12.1. The number of aromatic nitrogens is 2. The molecular formula is C17H24N4O2. The molecular weight excluding hydrogens is 292 g/mol. The molecule has 6 heteroatoms. The molecule has 3 atom stereocenters. The Hall–Kier alpha value is -1.53. The number of nitrogens with one attached hydrogen (secondary N) is 1. The Kier molecular flexibility index (Phi) is 4.27. The number of hydrogen-bond acceptors (Lipinski definition) is 5. The lowest BCUT2D eigenvalue weighted by atomic mass is 10.0. The van der Waals surface area contributed by atoms with Crippen molar-refractivity contribution in [3.63, 3.8) is 0 Å². The number of carbonyl (C=O) groups is 1. The number of fused-ring (bicyclic) bond motifs is 1. The highest BCUT2D eigenvalue weighted by Crippen LogP contribution is 2.37. The highest BCUT2D eigenvalue weighted by Gasteiger charge is 2.43. The van der Waals surface area contributed by atoms with E-state index in [-0.39, 0.29) is 12.0 Å². The van der Waals surface area contributed by atoms with Crippen LogP contribution in [-0.2, 0) is 4.74 Å². The third-order valence-corrected chi connectivity index (χ3v) is 5.35. The normalized spacial score (nSPS) is 30.9. The molecule has 2 saturated carbocycles. The second-order valence-corrected chi connectivity index (χ2v) is 6.98. The Morgan fingerprint density at radius 2 is 2.22 bits per heavy atom. The van der Waals surface area contributed by atoms with Crippen molar-refractivity contribution in [1.82, 2.24) is 20.2 Å². The van der Waals surface area contributed by atoms with E-state index in [2.05, 4.69) is 20.2 Å². The van der Waals surface area contributed by atoms with Crippen molar-refractivity contribution < 1.29 is 9.53 Å². The largest absolute Gasteiger partial charge is 0.375 e. The van der Waals surface area contributed by atoms with E-state index in [1.54, 1.807) is 12.4 Å². The highest BCUT2D eigenvalue weighted by molar-refractivity contribution is 5.91. The number of rotatable bonds is 5. The standard InChI is InChI=1S/C17H24N4O2/c22-17(14-10-18-5-6-19-14)20-9-13-3-4-15-16(13)23-8-7-21(15)11-12-1-2-12/h5-6,10,12-13,15-16H,1-4,7-9,11H2,(H,20,22)/t13-,15+,16-/m0/s1. The zero-order valence-electron chi connectivity index (χ0n) is 13.4. The predicted octanol–water partition coefficient (Wildman–Crippen LogP) is 1.10. The van der Waals surface area contributed by atoms with Gasteiger partial charge in [0.05, 0.1) is 18.9 Å². The molecule has 2 aliphatic carbocycles. The first-order valence-electron chi connectivity index (χ1n) is 8.71. The third-order valence-electron chi connectivity index (χ3n) is 5.35. The van der Waals surface area contributed by atoms with E-state index in [0.717, 1.165) is 25.5 Å². The van der Waals surface area contributed by atoms with Gasteiger partial charge in [0.15, 0.2) is 0 Å². The SMILES string of the molecule is O=C(NC[C@@H]1CC[C@@H]2[C@H]1OCCN2CC1CC1)c1cnccn1. The Morgan fingerprint density at radius 1 is 1.30 bits per heavy atom. The van der Waals surface area contributed by atoms with Crippen LogP contribution >= 0.6 is 0 Å². The number of ether oxygens (including phenoxy) is 1. The first-order valence-corrected chi connectivity index (χ1v) is 8.71. The smallest absolute Gasteiger partial charge is 0.271 e. The molecule has 124 valence electrons. The van der Waals surface area contributed by atoms with Crippen molar-refractivity contribution in [2.45, 2.75) is 37.8 Å². The van der Waals surface area contributed by atoms with Crippen molar-refractivity contribution in [2.24, 2.45) is 11.8 Å². The predicted molar refractivity (Wildman–Crippen MR) is 84.9 cm³/mol. The fourth-order valence-electron chi connectivity index (χ4n) is 3.94. The molecule has 3 aliphatic rings. The maximum Gasteiger partial charge on any atom is 0.271 e. The van der Waals surface area contributed by atoms with Crippen molar-refractivity contribution in [3.05, 3.63) is 24.3 Å². The summed E-state index contributed by atoms with van der Waals surface area (Å²) in [7, 11) is 0. The molecule has 0 unspecified atom stereocenters. The van der Waals surface area contributed by atoms with Gasteiger partial charge in [-0.25, -0.2) is 4.98 Å². The minimum atomic E-state index is -0.146. The summed E-state index contributed by atoms with van der Waals surface area (Å²) in [5.41, 5.74) is 0.377. The Labute approximate surface area is 136 Å². The van der Waals surface area contributed by atoms with Crippen LogP contribution in [0.3, 0.4) is 0 Å². The lowest BCUT2D eigenvalue weighted by Crippen LogP contribution is -2.52. The van der Waals surface area contributed by atoms with Gasteiger partial charge in [-0.2, -0.15) is 0 Å². The molecule has 0 radical (unpaired) electrons. The molecule has 0 bridgehead atoms. The number of amides is 1. The first kappa shape index (κ1) is 15.0. The molecule has 1 aliphatic heterocycles. The van der Waals surface area contributed by atoms with Gasteiger partial charge >= 0.3 is 0 Å². The number of carbonyl (C=O) groups excluding carboxylic acids is 1. The van der Waals surface area contributed by atoms with E-state index in [9.17, 15) is 4.79 Å². The lowest BCUT2D eigenvalue weighted by Gasteiger charge is -2.39. The van der Waals surface area contributed by atoms with Gasteiger partial charge < -0.3 is 10.1 Å². The van der Waals surface area contributed by atoms with Crippen LogP contribution in [0.2, 0.25) is 0 Å². The van der Waals surface area contributed by atoms with E-state index in [1.807, 2.05) is 0 Å². The molecule has 4 rings (SSSR count). The van der Waals surface area contributed by atoms with Gasteiger partial charge in [-0.05, 0) is 31.6 Å². The molecule has 1 aromatic rings. The molecule has 1 N–H and O–H groups in total. The Bertz CT molecular complexity index is 549. The van der Waals surface area contributed by atoms with E-state index >= 15 is 0 Å². The molecule has 23 heavy (non-hydrogen) atoms. The topological polar surface area (TPSA) is 67.3 Å². The summed E-state index contributed by atoms with van der Waals surface area (Å²) in [5.74, 6) is 1.18. The summed E-state index contributed by atoms with van der Waals surface area (Å²) in [5, 5.41) is 3.00. The van der Waals surface area contributed by atoms with Crippen LogP contribution in [0, 0.1) is 11.8 Å². The highest BCUT2D eigenvalue weighted by atomic mass is 16.5. The minimum absolute atomic E-state index is 0.146. The van der Waals surface area contributed by atoms with Crippen molar-refractivity contribution in [3.8, 4) is 0 Å². The summed E-state index contributed by atoms with van der Waals surface area (Å²) in [6.07, 6.45) is 9.98. The van der Waals surface area contributed by atoms with E-state index in [0.29, 0.717) is 24.2 Å². The van der Waals surface area contributed by atoms with Crippen LogP contribution < -0.4 is 5.32 Å². The molecule has 2 heterocycles. The quantitative estimate of drug-likeness (QED) is 0.881. The minimum Gasteiger partial charge on any atom is -0.375 e. The number of nitrogens with zero attached hydrogens (tertiary/aromatic N) is 3. The fraction of sp³-hybridized carbons (Fsp3) is 0.706. The molecule has 1 amide bonds. The molecule has 1 saturated heterocycles.